The average molecular weight is 230 g/mol. The number of nitrogens with zero attached hydrogens (tertiary/aromatic N) is 1. The second-order valence-corrected chi connectivity index (χ2v) is 5.57. The van der Waals surface area contributed by atoms with Gasteiger partial charge in [0.05, 0.1) is 5.75 Å². The highest BCUT2D eigenvalue weighted by molar-refractivity contribution is 7.90. The third kappa shape index (κ3) is 5.70. The lowest BCUT2D eigenvalue weighted by molar-refractivity contribution is 0.145. The maximum Gasteiger partial charge on any atom is 0.408 e. The summed E-state index contributed by atoms with van der Waals surface area (Å²) in [5, 5.41) is 8.59. The number of halogens is 1. The summed E-state index contributed by atoms with van der Waals surface area (Å²) >= 11 is 5.52. The van der Waals surface area contributed by atoms with E-state index in [1.165, 1.54) is 6.92 Å². The van der Waals surface area contributed by atoms with Crippen LogP contribution in [0.3, 0.4) is 0 Å². The Balaban J connectivity index is 4.22. The molecule has 0 aliphatic rings. The van der Waals surface area contributed by atoms with E-state index in [4.69, 9.17) is 16.7 Å². The smallest absolute Gasteiger partial charge is 0.408 e. The molecule has 0 saturated carbocycles. The van der Waals surface area contributed by atoms with Gasteiger partial charge in [0, 0.05) is 12.8 Å². The van der Waals surface area contributed by atoms with Crippen LogP contribution in [0, 0.1) is 0 Å². The van der Waals surface area contributed by atoms with Crippen molar-refractivity contribution in [3.05, 3.63) is 0 Å². The fraction of sp³-hybridized carbons (Fsp3) is 0.833. The number of alkyl halides is 1. The molecule has 0 heterocycles. The second kappa shape index (κ2) is 4.66. The fourth-order valence-electron chi connectivity index (χ4n) is 0.690. The Kier molecular flexibility index (Phi) is 4.49. The van der Waals surface area contributed by atoms with E-state index in [9.17, 15) is 13.2 Å². The third-order valence-corrected chi connectivity index (χ3v) is 2.54. The molecule has 13 heavy (non-hydrogen) atoms. The van der Waals surface area contributed by atoms with Gasteiger partial charge in [-0.1, -0.05) is 11.6 Å². The molecule has 0 radical (unpaired) electrons. The minimum absolute atomic E-state index is 0.0984. The minimum Gasteiger partial charge on any atom is -0.465 e. The van der Waals surface area contributed by atoms with Crippen molar-refractivity contribution in [1.29, 1.82) is 0 Å². The summed E-state index contributed by atoms with van der Waals surface area (Å²) in [6.45, 7) is 1.37. The van der Waals surface area contributed by atoms with Gasteiger partial charge in [0.15, 0.2) is 0 Å². The first-order valence-corrected chi connectivity index (χ1v) is 6.05. The number of rotatable bonds is 4. The van der Waals surface area contributed by atoms with Crippen LogP contribution in [0.15, 0.2) is 0 Å². The highest BCUT2D eigenvalue weighted by Crippen LogP contribution is 2.04. The molecule has 0 aliphatic carbocycles. The van der Waals surface area contributed by atoms with Crippen LogP contribution >= 0.6 is 11.6 Å². The van der Waals surface area contributed by atoms with E-state index in [2.05, 4.69) is 0 Å². The Morgan fingerprint density at radius 2 is 2.08 bits per heavy atom. The van der Waals surface area contributed by atoms with Gasteiger partial charge in [-0.3, -0.25) is 4.90 Å². The van der Waals surface area contributed by atoms with Crippen molar-refractivity contribution in [1.82, 2.24) is 4.90 Å². The molecule has 0 aromatic rings. The predicted molar refractivity (Wildman–Crippen MR) is 49.8 cm³/mol. The first-order valence-electron chi connectivity index (χ1n) is 3.55. The van der Waals surface area contributed by atoms with Gasteiger partial charge in [-0.25, -0.2) is 13.2 Å². The van der Waals surface area contributed by atoms with E-state index in [0.717, 1.165) is 11.2 Å². The van der Waals surface area contributed by atoms with Crippen molar-refractivity contribution in [2.45, 2.75) is 12.4 Å². The Morgan fingerprint density at radius 1 is 1.62 bits per heavy atom. The molecular weight excluding hydrogens is 218 g/mol. The van der Waals surface area contributed by atoms with E-state index in [1.54, 1.807) is 0 Å². The molecule has 0 fully saturated rings. The lowest BCUT2D eigenvalue weighted by atomic mass is 10.5. The van der Waals surface area contributed by atoms with E-state index < -0.39 is 21.4 Å². The summed E-state index contributed by atoms with van der Waals surface area (Å²) in [4.78, 5) is 11.4. The SMILES string of the molecule is CC(Cl)N(CCS(C)(=O)=O)C(=O)O. The Hall–Kier alpha value is -0.490. The van der Waals surface area contributed by atoms with Gasteiger partial charge in [0.1, 0.15) is 15.3 Å². The highest BCUT2D eigenvalue weighted by atomic mass is 35.5. The van der Waals surface area contributed by atoms with Gasteiger partial charge in [0.2, 0.25) is 0 Å². The number of hydrogen-bond acceptors (Lipinski definition) is 3. The number of hydrogen-bond donors (Lipinski definition) is 1. The zero-order valence-corrected chi connectivity index (χ0v) is 8.97. The molecule has 78 valence electrons. The van der Waals surface area contributed by atoms with Crippen LogP contribution in [0.25, 0.3) is 0 Å². The Bertz CT molecular complexity index is 274. The molecule has 0 rings (SSSR count). The number of amides is 1. The summed E-state index contributed by atoms with van der Waals surface area (Å²) < 4.78 is 21.4. The molecule has 0 saturated heterocycles. The summed E-state index contributed by atoms with van der Waals surface area (Å²) in [7, 11) is -3.15. The van der Waals surface area contributed by atoms with Crippen LogP contribution in [0.1, 0.15) is 6.92 Å². The topological polar surface area (TPSA) is 74.7 Å². The van der Waals surface area contributed by atoms with E-state index in [1.807, 2.05) is 0 Å². The van der Waals surface area contributed by atoms with Crippen molar-refractivity contribution in [3.8, 4) is 0 Å². The normalized spacial score (nSPS) is 13.8. The van der Waals surface area contributed by atoms with Crippen LogP contribution < -0.4 is 0 Å². The number of carboxylic acid groups (broad SMARTS) is 1. The van der Waals surface area contributed by atoms with Crippen LogP contribution in [0.4, 0.5) is 4.79 Å². The average Bonchev–Trinajstić information content (AvgIpc) is 1.82. The lowest BCUT2D eigenvalue weighted by Crippen LogP contribution is -2.37. The molecule has 0 aliphatic heterocycles. The quantitative estimate of drug-likeness (QED) is 0.566. The van der Waals surface area contributed by atoms with Crippen molar-refractivity contribution in [3.63, 3.8) is 0 Å². The third-order valence-electron chi connectivity index (χ3n) is 1.38. The van der Waals surface area contributed by atoms with Gasteiger partial charge in [-0.15, -0.1) is 0 Å². The second-order valence-electron chi connectivity index (χ2n) is 2.68. The molecule has 0 aromatic carbocycles. The van der Waals surface area contributed by atoms with Crippen LogP contribution in [0.5, 0.6) is 0 Å². The largest absolute Gasteiger partial charge is 0.465 e. The van der Waals surface area contributed by atoms with Crippen molar-refractivity contribution < 1.29 is 18.3 Å². The van der Waals surface area contributed by atoms with Crippen LogP contribution in [0.2, 0.25) is 0 Å². The van der Waals surface area contributed by atoms with E-state index in [0.29, 0.717) is 0 Å². The molecule has 5 nitrogen and oxygen atoms in total. The Morgan fingerprint density at radius 3 is 2.31 bits per heavy atom. The van der Waals surface area contributed by atoms with Gasteiger partial charge in [-0.05, 0) is 6.92 Å². The number of sulfone groups is 1. The monoisotopic (exact) mass is 229 g/mol. The van der Waals surface area contributed by atoms with Crippen LogP contribution in [-0.4, -0.2) is 48.6 Å². The molecule has 1 N–H and O–H groups in total. The number of carbonyl (C=O) groups is 1. The molecule has 0 aromatic heterocycles. The molecule has 1 unspecified atom stereocenters. The molecule has 0 spiro atoms. The van der Waals surface area contributed by atoms with Crippen LogP contribution in [-0.2, 0) is 9.84 Å². The fourth-order valence-corrected chi connectivity index (χ4v) is 1.40. The zero-order valence-electron chi connectivity index (χ0n) is 7.40. The van der Waals surface area contributed by atoms with E-state index in [-0.39, 0.29) is 12.3 Å². The van der Waals surface area contributed by atoms with Crippen molar-refractivity contribution in [2.75, 3.05) is 18.6 Å². The summed E-state index contributed by atoms with van der Waals surface area (Å²) in [6, 6.07) is 0. The maximum atomic E-state index is 10.7. The highest BCUT2D eigenvalue weighted by Gasteiger charge is 2.18. The van der Waals surface area contributed by atoms with Gasteiger partial charge in [-0.2, -0.15) is 0 Å². The van der Waals surface area contributed by atoms with E-state index >= 15 is 0 Å². The summed E-state index contributed by atoms with van der Waals surface area (Å²) in [5.41, 5.74) is -0.723. The first-order chi connectivity index (χ1) is 5.74. The van der Waals surface area contributed by atoms with Crippen molar-refractivity contribution in [2.24, 2.45) is 0 Å². The van der Waals surface area contributed by atoms with Crippen molar-refractivity contribution >= 4 is 27.5 Å². The zero-order chi connectivity index (χ0) is 10.6. The molecule has 1 atom stereocenters. The Labute approximate surface area is 82.2 Å². The first kappa shape index (κ1) is 12.5. The molecule has 0 bridgehead atoms. The summed E-state index contributed by atoms with van der Waals surface area (Å²) in [5.74, 6) is -0.212. The molecular formula is C6H12ClNO4S. The van der Waals surface area contributed by atoms with Gasteiger partial charge in [0.25, 0.3) is 0 Å². The maximum absolute atomic E-state index is 10.7. The summed E-state index contributed by atoms with van der Waals surface area (Å²) in [6.07, 6.45) is -0.169. The van der Waals surface area contributed by atoms with Gasteiger partial charge < -0.3 is 5.11 Å². The lowest BCUT2D eigenvalue weighted by Gasteiger charge is -2.20. The molecule has 7 heteroatoms. The minimum atomic E-state index is -3.15. The molecule has 1 amide bonds. The predicted octanol–water partition coefficient (Wildman–Crippen LogP) is 0.596. The van der Waals surface area contributed by atoms with Gasteiger partial charge >= 0.3 is 6.09 Å². The standard InChI is InChI=1S/C6H12ClNO4S/c1-5(7)8(6(9)10)3-4-13(2,11)12/h5H,3-4H2,1-2H3,(H,9,10).